The van der Waals surface area contributed by atoms with E-state index in [2.05, 4.69) is 4.74 Å². The second kappa shape index (κ2) is 7.78. The van der Waals surface area contributed by atoms with Crippen molar-refractivity contribution in [1.82, 2.24) is 9.47 Å². The van der Waals surface area contributed by atoms with Crippen LogP contribution >= 0.6 is 11.8 Å². The lowest BCUT2D eigenvalue weighted by atomic mass is 10.2. The average molecular weight is 424 g/mol. The molecule has 1 aliphatic heterocycles. The number of imide groups is 1. The van der Waals surface area contributed by atoms with Gasteiger partial charge in [-0.05, 0) is 55.1 Å². The molecule has 0 radical (unpaired) electrons. The van der Waals surface area contributed by atoms with Crippen LogP contribution in [0.4, 0.5) is 18.0 Å². The molecule has 0 bridgehead atoms. The molecule has 6 nitrogen and oxygen atoms in total. The number of rotatable bonds is 4. The molecule has 2 amide bonds. The third kappa shape index (κ3) is 4.07. The Kier molecular flexibility index (Phi) is 5.56. The number of ether oxygens (including phenoxy) is 1. The lowest BCUT2D eigenvalue weighted by Gasteiger charge is -2.18. The normalized spacial score (nSPS) is 17.1. The summed E-state index contributed by atoms with van der Waals surface area (Å²) in [6, 6.07) is 6.85. The largest absolute Gasteiger partial charge is 0.467 e. The van der Waals surface area contributed by atoms with Gasteiger partial charge in [0.05, 0.1) is 17.6 Å². The number of amides is 2. The number of hydrogen-bond acceptors (Lipinski definition) is 5. The topological polar surface area (TPSA) is 68.6 Å². The Morgan fingerprint density at radius 3 is 2.59 bits per heavy atom. The number of halogens is 3. The van der Waals surface area contributed by atoms with Crippen LogP contribution in [0.25, 0.3) is 11.8 Å². The van der Waals surface area contributed by atoms with Crippen LogP contribution in [0.15, 0.2) is 47.5 Å². The Bertz CT molecular complexity index is 1010. The zero-order valence-corrected chi connectivity index (χ0v) is 16.1. The van der Waals surface area contributed by atoms with Crippen molar-refractivity contribution < 1.29 is 32.3 Å². The van der Waals surface area contributed by atoms with Gasteiger partial charge in [0.15, 0.2) is 0 Å². The van der Waals surface area contributed by atoms with Gasteiger partial charge in [-0.15, -0.1) is 0 Å². The van der Waals surface area contributed by atoms with Gasteiger partial charge in [0.25, 0.3) is 11.1 Å². The molecule has 0 saturated carbocycles. The number of carbonyl (C=O) groups is 3. The average Bonchev–Trinajstić information content (AvgIpc) is 3.24. The summed E-state index contributed by atoms with van der Waals surface area (Å²) in [7, 11) is 1.15. The Balaban J connectivity index is 1.94. The molecular formula is C19H15F3N2O4S. The quantitative estimate of drug-likeness (QED) is 0.546. The summed E-state index contributed by atoms with van der Waals surface area (Å²) in [6.07, 6.45) is -1.55. The molecule has 2 aromatic rings. The molecule has 1 aromatic carbocycles. The predicted molar refractivity (Wildman–Crippen MR) is 100 cm³/mol. The van der Waals surface area contributed by atoms with Crippen LogP contribution in [0.1, 0.15) is 18.2 Å². The standard InChI is InChI=1S/C19H15F3N2O4S/c1-11(17(26)28-2)24-16(25)15(29-18(24)27)10-14-7-4-8-23(14)13-6-3-5-12(9-13)19(20,21)22/h3-11H,1-2H3/b15-10+/t11-/m1/s1. The third-order valence-corrected chi connectivity index (χ3v) is 5.15. The van der Waals surface area contributed by atoms with Crippen molar-refractivity contribution in [1.29, 1.82) is 0 Å². The first-order valence-electron chi connectivity index (χ1n) is 8.33. The first-order chi connectivity index (χ1) is 13.6. The molecule has 2 heterocycles. The number of esters is 1. The van der Waals surface area contributed by atoms with Crippen LogP contribution < -0.4 is 0 Å². The SMILES string of the molecule is COC(=O)[C@@H](C)N1C(=O)S/C(=C/c2cccn2-c2cccc(C(F)(F)F)c2)C1=O. The molecular weight excluding hydrogens is 409 g/mol. The number of aromatic nitrogens is 1. The van der Waals surface area contributed by atoms with Crippen molar-refractivity contribution in [2.45, 2.75) is 19.1 Å². The molecule has 29 heavy (non-hydrogen) atoms. The Labute approximate surface area is 167 Å². The van der Waals surface area contributed by atoms with Crippen LogP contribution in [0.5, 0.6) is 0 Å². The fraction of sp³-hybridized carbons (Fsp3) is 0.211. The summed E-state index contributed by atoms with van der Waals surface area (Å²) < 4.78 is 45.0. The van der Waals surface area contributed by atoms with Gasteiger partial charge >= 0.3 is 12.1 Å². The molecule has 0 N–H and O–H groups in total. The number of nitrogens with zero attached hydrogens (tertiary/aromatic N) is 2. The van der Waals surface area contributed by atoms with E-state index >= 15 is 0 Å². The van der Waals surface area contributed by atoms with Gasteiger partial charge in [0, 0.05) is 17.6 Å². The van der Waals surface area contributed by atoms with E-state index in [0.29, 0.717) is 17.5 Å². The van der Waals surface area contributed by atoms with E-state index < -0.39 is 34.9 Å². The Morgan fingerprint density at radius 1 is 1.21 bits per heavy atom. The highest BCUT2D eigenvalue weighted by Crippen LogP contribution is 2.35. The zero-order chi connectivity index (χ0) is 21.3. The van der Waals surface area contributed by atoms with Gasteiger partial charge in [0.2, 0.25) is 0 Å². The summed E-state index contributed by atoms with van der Waals surface area (Å²) in [4.78, 5) is 37.3. The van der Waals surface area contributed by atoms with Gasteiger partial charge in [-0.3, -0.25) is 14.5 Å². The highest BCUT2D eigenvalue weighted by Gasteiger charge is 2.41. The van der Waals surface area contributed by atoms with Gasteiger partial charge in [-0.1, -0.05) is 6.07 Å². The predicted octanol–water partition coefficient (Wildman–Crippen LogP) is 4.09. The first-order valence-corrected chi connectivity index (χ1v) is 9.15. The van der Waals surface area contributed by atoms with Crippen LogP contribution in [0.2, 0.25) is 0 Å². The summed E-state index contributed by atoms with van der Waals surface area (Å²) in [5.41, 5.74) is -0.152. The molecule has 152 valence electrons. The van der Waals surface area contributed by atoms with E-state index in [9.17, 15) is 27.6 Å². The Morgan fingerprint density at radius 2 is 1.93 bits per heavy atom. The summed E-state index contributed by atoms with van der Waals surface area (Å²) in [6.45, 7) is 1.37. The van der Waals surface area contributed by atoms with Crippen LogP contribution in [-0.2, 0) is 20.5 Å². The molecule has 0 spiro atoms. The van der Waals surface area contributed by atoms with Crippen molar-refractivity contribution in [3.8, 4) is 5.69 Å². The number of benzene rings is 1. The maximum absolute atomic E-state index is 13.0. The summed E-state index contributed by atoms with van der Waals surface area (Å²) in [5, 5.41) is -0.628. The van der Waals surface area contributed by atoms with E-state index in [1.807, 2.05) is 0 Å². The molecule has 1 fully saturated rings. The van der Waals surface area contributed by atoms with Crippen molar-refractivity contribution in [3.63, 3.8) is 0 Å². The molecule has 0 aliphatic carbocycles. The summed E-state index contributed by atoms with van der Waals surface area (Å²) in [5.74, 6) is -1.41. The molecule has 10 heteroatoms. The Hall–Kier alpha value is -3.01. The van der Waals surface area contributed by atoms with Crippen molar-refractivity contribution in [2.75, 3.05) is 7.11 Å². The highest BCUT2D eigenvalue weighted by molar-refractivity contribution is 8.18. The van der Waals surface area contributed by atoms with Crippen LogP contribution in [-0.4, -0.2) is 39.7 Å². The molecule has 1 atom stereocenters. The molecule has 1 aromatic heterocycles. The second-order valence-corrected chi connectivity index (χ2v) is 7.10. The minimum absolute atomic E-state index is 0.0534. The minimum atomic E-state index is -4.49. The molecule has 0 unspecified atom stereocenters. The third-order valence-electron chi connectivity index (χ3n) is 4.26. The van der Waals surface area contributed by atoms with Gasteiger partial charge in [-0.2, -0.15) is 13.2 Å². The number of thioether (sulfide) groups is 1. The van der Waals surface area contributed by atoms with E-state index in [-0.39, 0.29) is 10.6 Å². The van der Waals surface area contributed by atoms with E-state index in [4.69, 9.17) is 0 Å². The van der Waals surface area contributed by atoms with Gasteiger partial charge in [0.1, 0.15) is 6.04 Å². The number of hydrogen-bond donors (Lipinski definition) is 0. The number of methoxy groups -OCH3 is 1. The van der Waals surface area contributed by atoms with Crippen molar-refractivity contribution >= 4 is 35.0 Å². The van der Waals surface area contributed by atoms with Crippen molar-refractivity contribution in [2.24, 2.45) is 0 Å². The number of alkyl halides is 3. The van der Waals surface area contributed by atoms with E-state index in [1.54, 1.807) is 18.3 Å². The van der Waals surface area contributed by atoms with Crippen molar-refractivity contribution in [3.05, 3.63) is 58.8 Å². The molecule has 1 saturated heterocycles. The number of carbonyl (C=O) groups excluding carboxylic acids is 3. The summed E-state index contributed by atoms with van der Waals surface area (Å²) >= 11 is 0.645. The van der Waals surface area contributed by atoms with Crippen LogP contribution in [0.3, 0.4) is 0 Å². The highest BCUT2D eigenvalue weighted by atomic mass is 32.2. The second-order valence-electron chi connectivity index (χ2n) is 6.10. The van der Waals surface area contributed by atoms with Crippen LogP contribution in [0, 0.1) is 0 Å². The van der Waals surface area contributed by atoms with E-state index in [1.165, 1.54) is 29.7 Å². The fourth-order valence-electron chi connectivity index (χ4n) is 2.80. The van der Waals surface area contributed by atoms with Gasteiger partial charge in [-0.25, -0.2) is 4.79 Å². The van der Waals surface area contributed by atoms with Gasteiger partial charge < -0.3 is 9.30 Å². The molecule has 1 aliphatic rings. The lowest BCUT2D eigenvalue weighted by molar-refractivity contribution is -0.148. The smallest absolute Gasteiger partial charge is 0.416 e. The monoisotopic (exact) mass is 424 g/mol. The maximum Gasteiger partial charge on any atom is 0.416 e. The maximum atomic E-state index is 13.0. The van der Waals surface area contributed by atoms with E-state index in [0.717, 1.165) is 24.1 Å². The first kappa shape index (κ1) is 20.7. The minimum Gasteiger partial charge on any atom is -0.467 e. The lowest BCUT2D eigenvalue weighted by Crippen LogP contribution is -2.42. The molecule has 3 rings (SSSR count). The zero-order valence-electron chi connectivity index (χ0n) is 15.3. The fourth-order valence-corrected chi connectivity index (χ4v) is 3.70.